The Kier molecular flexibility index (Phi) is 3.12. The molecule has 2 rings (SSSR count). The number of aryl methyl sites for hydroxylation is 1. The standard InChI is InChI=1S/C11H10ClFN2S/c1-6-10(16-11(14)15-6)5-7-4-8(12)2-3-9(7)13/h2-4H,5H2,1H3,(H2,14,15). The van der Waals surface area contributed by atoms with Crippen LogP contribution >= 0.6 is 22.9 Å². The van der Waals surface area contributed by atoms with Gasteiger partial charge in [0.15, 0.2) is 5.13 Å². The van der Waals surface area contributed by atoms with E-state index >= 15 is 0 Å². The Labute approximate surface area is 102 Å². The van der Waals surface area contributed by atoms with E-state index in [1.807, 2.05) is 6.92 Å². The molecule has 0 radical (unpaired) electrons. The quantitative estimate of drug-likeness (QED) is 0.894. The van der Waals surface area contributed by atoms with Crippen LogP contribution in [-0.4, -0.2) is 4.98 Å². The molecule has 0 aliphatic heterocycles. The number of rotatable bonds is 2. The molecule has 0 aliphatic carbocycles. The predicted molar refractivity (Wildman–Crippen MR) is 65.5 cm³/mol. The third-order valence-corrected chi connectivity index (χ3v) is 3.49. The Bertz CT molecular complexity index is 525. The summed E-state index contributed by atoms with van der Waals surface area (Å²) < 4.78 is 13.5. The number of nitrogens with zero attached hydrogens (tertiary/aromatic N) is 1. The Morgan fingerprint density at radius 3 is 2.88 bits per heavy atom. The third kappa shape index (κ3) is 2.33. The van der Waals surface area contributed by atoms with Gasteiger partial charge in [-0.25, -0.2) is 9.37 Å². The van der Waals surface area contributed by atoms with Gasteiger partial charge in [-0.05, 0) is 30.7 Å². The molecule has 0 saturated heterocycles. The van der Waals surface area contributed by atoms with Gasteiger partial charge in [0.05, 0.1) is 5.69 Å². The summed E-state index contributed by atoms with van der Waals surface area (Å²) in [5, 5.41) is 1.04. The number of hydrogen-bond acceptors (Lipinski definition) is 3. The lowest BCUT2D eigenvalue weighted by molar-refractivity contribution is 0.614. The maximum Gasteiger partial charge on any atom is 0.180 e. The molecule has 0 bridgehead atoms. The molecule has 0 spiro atoms. The molecule has 2 N–H and O–H groups in total. The van der Waals surface area contributed by atoms with Crippen molar-refractivity contribution in [1.82, 2.24) is 4.98 Å². The molecule has 84 valence electrons. The Morgan fingerprint density at radius 1 is 1.50 bits per heavy atom. The van der Waals surface area contributed by atoms with E-state index in [-0.39, 0.29) is 5.82 Å². The van der Waals surface area contributed by atoms with Gasteiger partial charge in [-0.15, -0.1) is 11.3 Å². The lowest BCUT2D eigenvalue weighted by Crippen LogP contribution is -1.92. The molecule has 1 aromatic carbocycles. The second kappa shape index (κ2) is 4.39. The fraction of sp³-hybridized carbons (Fsp3) is 0.182. The fourth-order valence-electron chi connectivity index (χ4n) is 1.47. The molecule has 0 saturated carbocycles. The first-order valence-corrected chi connectivity index (χ1v) is 5.91. The Balaban J connectivity index is 2.33. The van der Waals surface area contributed by atoms with Crippen LogP contribution in [0.25, 0.3) is 0 Å². The van der Waals surface area contributed by atoms with Crippen molar-refractivity contribution in [3.8, 4) is 0 Å². The van der Waals surface area contributed by atoms with E-state index < -0.39 is 0 Å². The number of halogens is 2. The monoisotopic (exact) mass is 256 g/mol. The number of hydrogen-bond donors (Lipinski definition) is 1. The zero-order valence-corrected chi connectivity index (χ0v) is 10.2. The van der Waals surface area contributed by atoms with Crippen molar-refractivity contribution in [3.05, 3.63) is 45.2 Å². The van der Waals surface area contributed by atoms with Crippen molar-refractivity contribution in [3.63, 3.8) is 0 Å². The first kappa shape index (κ1) is 11.4. The summed E-state index contributed by atoms with van der Waals surface area (Å²) in [4.78, 5) is 5.07. The highest BCUT2D eigenvalue weighted by Gasteiger charge is 2.09. The van der Waals surface area contributed by atoms with Gasteiger partial charge in [0.1, 0.15) is 5.82 Å². The molecule has 0 aliphatic rings. The number of nitrogens with two attached hydrogens (primary N) is 1. The average molecular weight is 257 g/mol. The van der Waals surface area contributed by atoms with Crippen LogP contribution in [0.5, 0.6) is 0 Å². The van der Waals surface area contributed by atoms with Crippen molar-refractivity contribution in [2.24, 2.45) is 0 Å². The molecule has 2 nitrogen and oxygen atoms in total. The van der Waals surface area contributed by atoms with Gasteiger partial charge in [-0.1, -0.05) is 11.6 Å². The molecule has 2 aromatic rings. The van der Waals surface area contributed by atoms with Crippen LogP contribution in [0.4, 0.5) is 9.52 Å². The highest BCUT2D eigenvalue weighted by Crippen LogP contribution is 2.25. The van der Waals surface area contributed by atoms with E-state index in [1.165, 1.54) is 23.5 Å². The predicted octanol–water partition coefficient (Wildman–Crippen LogP) is 3.42. The molecular weight excluding hydrogens is 247 g/mol. The second-order valence-electron chi connectivity index (χ2n) is 3.47. The van der Waals surface area contributed by atoms with Crippen molar-refractivity contribution < 1.29 is 4.39 Å². The zero-order valence-electron chi connectivity index (χ0n) is 8.63. The van der Waals surface area contributed by atoms with Crippen LogP contribution in [0.3, 0.4) is 0 Å². The van der Waals surface area contributed by atoms with E-state index in [1.54, 1.807) is 6.07 Å². The number of aromatic nitrogens is 1. The van der Waals surface area contributed by atoms with Crippen LogP contribution in [0.2, 0.25) is 5.02 Å². The third-order valence-electron chi connectivity index (χ3n) is 2.27. The topological polar surface area (TPSA) is 38.9 Å². The smallest absolute Gasteiger partial charge is 0.180 e. The minimum Gasteiger partial charge on any atom is -0.375 e. The molecule has 0 amide bonds. The summed E-state index contributed by atoms with van der Waals surface area (Å²) in [5.41, 5.74) is 7.01. The first-order chi connectivity index (χ1) is 7.56. The number of anilines is 1. The lowest BCUT2D eigenvalue weighted by Gasteiger charge is -2.02. The van der Waals surface area contributed by atoms with Crippen LogP contribution in [-0.2, 0) is 6.42 Å². The van der Waals surface area contributed by atoms with Crippen LogP contribution in [0, 0.1) is 12.7 Å². The highest BCUT2D eigenvalue weighted by molar-refractivity contribution is 7.15. The SMILES string of the molecule is Cc1nc(N)sc1Cc1cc(Cl)ccc1F. The molecule has 1 aromatic heterocycles. The van der Waals surface area contributed by atoms with Gasteiger partial charge in [-0.3, -0.25) is 0 Å². The maximum atomic E-state index is 13.5. The zero-order chi connectivity index (χ0) is 11.7. The van der Waals surface area contributed by atoms with E-state index in [2.05, 4.69) is 4.98 Å². The maximum absolute atomic E-state index is 13.5. The van der Waals surface area contributed by atoms with Gasteiger partial charge in [-0.2, -0.15) is 0 Å². The van der Waals surface area contributed by atoms with E-state index in [0.717, 1.165) is 10.6 Å². The summed E-state index contributed by atoms with van der Waals surface area (Å²) in [6, 6.07) is 4.54. The molecule has 0 fully saturated rings. The minimum atomic E-state index is -0.254. The van der Waals surface area contributed by atoms with Gasteiger partial charge in [0.25, 0.3) is 0 Å². The van der Waals surface area contributed by atoms with Gasteiger partial charge in [0.2, 0.25) is 0 Å². The summed E-state index contributed by atoms with van der Waals surface area (Å²) >= 11 is 7.21. The van der Waals surface area contributed by atoms with E-state index in [0.29, 0.717) is 22.1 Å². The second-order valence-corrected chi connectivity index (χ2v) is 5.02. The van der Waals surface area contributed by atoms with Crippen molar-refractivity contribution in [1.29, 1.82) is 0 Å². The number of nitrogen functional groups attached to an aromatic ring is 1. The van der Waals surface area contributed by atoms with Crippen molar-refractivity contribution in [2.45, 2.75) is 13.3 Å². The average Bonchev–Trinajstić information content (AvgIpc) is 2.51. The number of benzene rings is 1. The lowest BCUT2D eigenvalue weighted by atomic mass is 10.1. The summed E-state index contributed by atoms with van der Waals surface area (Å²) in [6.45, 7) is 1.87. The minimum absolute atomic E-state index is 0.254. The molecule has 0 atom stereocenters. The summed E-state index contributed by atoms with van der Waals surface area (Å²) in [7, 11) is 0. The normalized spacial score (nSPS) is 10.7. The van der Waals surface area contributed by atoms with Crippen molar-refractivity contribution in [2.75, 3.05) is 5.73 Å². The van der Waals surface area contributed by atoms with Crippen LogP contribution in [0.15, 0.2) is 18.2 Å². The fourth-order valence-corrected chi connectivity index (χ4v) is 2.52. The highest BCUT2D eigenvalue weighted by atomic mass is 35.5. The molecule has 5 heteroatoms. The van der Waals surface area contributed by atoms with Crippen LogP contribution in [0.1, 0.15) is 16.1 Å². The van der Waals surface area contributed by atoms with Crippen LogP contribution < -0.4 is 5.73 Å². The molecule has 1 heterocycles. The van der Waals surface area contributed by atoms with Gasteiger partial charge in [0, 0.05) is 16.3 Å². The van der Waals surface area contributed by atoms with E-state index in [4.69, 9.17) is 17.3 Å². The summed E-state index contributed by atoms with van der Waals surface area (Å²) in [5.74, 6) is -0.254. The Hall–Kier alpha value is -1.13. The molecule has 16 heavy (non-hydrogen) atoms. The molecular formula is C11H10ClFN2S. The number of thiazole rings is 1. The Morgan fingerprint density at radius 2 is 2.25 bits per heavy atom. The van der Waals surface area contributed by atoms with Gasteiger partial charge >= 0.3 is 0 Å². The largest absolute Gasteiger partial charge is 0.375 e. The first-order valence-electron chi connectivity index (χ1n) is 4.72. The van der Waals surface area contributed by atoms with E-state index in [9.17, 15) is 4.39 Å². The molecule has 0 unspecified atom stereocenters. The van der Waals surface area contributed by atoms with Gasteiger partial charge < -0.3 is 5.73 Å². The van der Waals surface area contributed by atoms with Crippen molar-refractivity contribution >= 4 is 28.1 Å². The summed E-state index contributed by atoms with van der Waals surface area (Å²) in [6.07, 6.45) is 0.479.